The first-order valence-corrected chi connectivity index (χ1v) is 8.56. The predicted molar refractivity (Wildman–Crippen MR) is 93.2 cm³/mol. The molecule has 0 radical (unpaired) electrons. The summed E-state index contributed by atoms with van der Waals surface area (Å²) in [7, 11) is 0. The quantitative estimate of drug-likeness (QED) is 0.841. The highest BCUT2D eigenvalue weighted by Crippen LogP contribution is 2.30. The standard InChI is InChI=1S/C20H24FNO2/c21-12-6-10-16-7-4-5-11-18(16)24-20(17-8-2-1-3-9-17)19-15-22-13-14-23-19/h1-5,7-9,11,19-20,22H,6,10,12-15H2/t19-,20-/m0/s1/i21-1. The Morgan fingerprint density at radius 3 is 2.67 bits per heavy atom. The summed E-state index contributed by atoms with van der Waals surface area (Å²) in [5.74, 6) is 0.814. The van der Waals surface area contributed by atoms with Gasteiger partial charge in [-0.15, -0.1) is 0 Å². The maximum atomic E-state index is 12.6. The van der Waals surface area contributed by atoms with Crippen molar-refractivity contribution in [1.82, 2.24) is 5.32 Å². The molecule has 0 aromatic heterocycles. The van der Waals surface area contributed by atoms with Crippen LogP contribution in [0.3, 0.4) is 0 Å². The highest BCUT2D eigenvalue weighted by atomic mass is 18.2. The van der Waals surface area contributed by atoms with Crippen molar-refractivity contribution in [3.63, 3.8) is 0 Å². The van der Waals surface area contributed by atoms with E-state index < -0.39 is 0 Å². The predicted octanol–water partition coefficient (Wildman–Crippen LogP) is 3.70. The Kier molecular flexibility index (Phi) is 6.21. The summed E-state index contributed by atoms with van der Waals surface area (Å²) in [6.45, 7) is 1.99. The van der Waals surface area contributed by atoms with Crippen molar-refractivity contribution in [3.8, 4) is 5.75 Å². The molecule has 1 fully saturated rings. The Bertz CT molecular complexity index is 614. The lowest BCUT2D eigenvalue weighted by molar-refractivity contribution is -0.0435. The summed E-state index contributed by atoms with van der Waals surface area (Å²) in [4.78, 5) is 0. The number of hydrogen-bond donors (Lipinski definition) is 1. The third kappa shape index (κ3) is 4.34. The number of nitrogens with one attached hydrogen (secondary N) is 1. The number of alkyl halides is 1. The molecule has 0 saturated carbocycles. The Morgan fingerprint density at radius 2 is 1.92 bits per heavy atom. The van der Waals surface area contributed by atoms with Gasteiger partial charge in [0, 0.05) is 13.1 Å². The fourth-order valence-electron chi connectivity index (χ4n) is 3.00. The highest BCUT2D eigenvalue weighted by Gasteiger charge is 2.28. The minimum atomic E-state index is -0.313. The number of hydrogen-bond acceptors (Lipinski definition) is 3. The summed E-state index contributed by atoms with van der Waals surface area (Å²) in [6.07, 6.45) is 0.955. The van der Waals surface area contributed by atoms with Crippen LogP contribution < -0.4 is 10.1 Å². The monoisotopic (exact) mass is 328 g/mol. The molecule has 2 atom stereocenters. The van der Waals surface area contributed by atoms with Gasteiger partial charge in [0.05, 0.1) is 13.3 Å². The molecule has 1 aliphatic heterocycles. The largest absolute Gasteiger partial charge is 0.483 e. The van der Waals surface area contributed by atoms with Crippen LogP contribution >= 0.6 is 0 Å². The van der Waals surface area contributed by atoms with Crippen molar-refractivity contribution in [2.24, 2.45) is 0 Å². The zero-order valence-electron chi connectivity index (χ0n) is 13.8. The minimum absolute atomic E-state index is 0.0459. The van der Waals surface area contributed by atoms with E-state index in [-0.39, 0.29) is 18.9 Å². The fourth-order valence-corrected chi connectivity index (χ4v) is 3.00. The van der Waals surface area contributed by atoms with Crippen molar-refractivity contribution >= 4 is 0 Å². The average Bonchev–Trinajstić information content (AvgIpc) is 2.66. The number of benzene rings is 2. The minimum Gasteiger partial charge on any atom is -0.483 e. The summed E-state index contributed by atoms with van der Waals surface area (Å²) in [5.41, 5.74) is 2.13. The van der Waals surface area contributed by atoms with Crippen molar-refractivity contribution in [1.29, 1.82) is 0 Å². The molecule has 2 aromatic rings. The number of morpholine rings is 1. The van der Waals surface area contributed by atoms with Crippen LogP contribution in [0.25, 0.3) is 0 Å². The van der Waals surface area contributed by atoms with E-state index in [1.807, 2.05) is 42.5 Å². The lowest BCUT2D eigenvalue weighted by Gasteiger charge is -2.32. The van der Waals surface area contributed by atoms with Crippen LogP contribution in [0.4, 0.5) is 4.39 Å². The molecule has 1 heterocycles. The fraction of sp³-hybridized carbons (Fsp3) is 0.400. The maximum absolute atomic E-state index is 12.6. The van der Waals surface area contributed by atoms with Crippen LogP contribution in [0.2, 0.25) is 0 Å². The van der Waals surface area contributed by atoms with Crippen LogP contribution in [-0.2, 0) is 11.2 Å². The van der Waals surface area contributed by atoms with Gasteiger partial charge in [0.2, 0.25) is 0 Å². The lowest BCUT2D eigenvalue weighted by Crippen LogP contribution is -2.43. The summed E-state index contributed by atoms with van der Waals surface area (Å²) >= 11 is 0. The first-order valence-electron chi connectivity index (χ1n) is 8.56. The van der Waals surface area contributed by atoms with Gasteiger partial charge in [0.1, 0.15) is 11.9 Å². The average molecular weight is 328 g/mol. The van der Waals surface area contributed by atoms with Crippen LogP contribution in [0.5, 0.6) is 5.75 Å². The van der Waals surface area contributed by atoms with Gasteiger partial charge < -0.3 is 14.8 Å². The molecule has 1 saturated heterocycles. The van der Waals surface area contributed by atoms with Crippen LogP contribution in [0.1, 0.15) is 23.7 Å². The van der Waals surface area contributed by atoms with E-state index in [1.165, 1.54) is 0 Å². The zero-order chi connectivity index (χ0) is 16.6. The summed E-state index contributed by atoms with van der Waals surface area (Å²) < 4.78 is 24.9. The molecule has 0 aliphatic carbocycles. The van der Waals surface area contributed by atoms with Gasteiger partial charge in [0.25, 0.3) is 0 Å². The zero-order valence-corrected chi connectivity index (χ0v) is 13.8. The lowest BCUT2D eigenvalue weighted by atomic mass is 10.0. The molecular weight excluding hydrogens is 304 g/mol. The van der Waals surface area contributed by atoms with E-state index in [2.05, 4.69) is 17.4 Å². The van der Waals surface area contributed by atoms with Gasteiger partial charge >= 0.3 is 0 Å². The molecule has 24 heavy (non-hydrogen) atoms. The van der Waals surface area contributed by atoms with Crippen molar-refractivity contribution in [2.75, 3.05) is 26.4 Å². The van der Waals surface area contributed by atoms with E-state index in [0.29, 0.717) is 19.4 Å². The number of rotatable bonds is 7. The topological polar surface area (TPSA) is 30.5 Å². The first kappa shape index (κ1) is 16.9. The number of aryl methyl sites for hydroxylation is 1. The molecule has 3 nitrogen and oxygen atoms in total. The molecule has 0 bridgehead atoms. The third-order valence-corrected chi connectivity index (χ3v) is 4.23. The van der Waals surface area contributed by atoms with Crippen LogP contribution in [0, 0.1) is 0 Å². The molecule has 3 rings (SSSR count). The Morgan fingerprint density at radius 1 is 1.12 bits per heavy atom. The molecule has 0 unspecified atom stereocenters. The van der Waals surface area contributed by atoms with E-state index in [9.17, 15) is 4.39 Å². The van der Waals surface area contributed by atoms with E-state index in [1.54, 1.807) is 0 Å². The molecular formula is C20H24FNO2. The van der Waals surface area contributed by atoms with Crippen molar-refractivity contribution < 1.29 is 13.9 Å². The normalized spacial score (nSPS) is 19.0. The van der Waals surface area contributed by atoms with E-state index in [4.69, 9.17) is 9.47 Å². The Balaban J connectivity index is 1.84. The highest BCUT2D eigenvalue weighted by molar-refractivity contribution is 5.34. The molecule has 4 heteroatoms. The number of ether oxygens (including phenoxy) is 2. The van der Waals surface area contributed by atoms with Crippen molar-refractivity contribution in [3.05, 3.63) is 65.7 Å². The van der Waals surface area contributed by atoms with Crippen LogP contribution in [-0.4, -0.2) is 32.5 Å². The second kappa shape index (κ2) is 8.81. The van der Waals surface area contributed by atoms with Gasteiger partial charge in [0.15, 0.2) is 6.10 Å². The molecule has 2 aromatic carbocycles. The Hall–Kier alpha value is -1.91. The second-order valence-electron chi connectivity index (χ2n) is 5.96. The van der Waals surface area contributed by atoms with E-state index >= 15 is 0 Å². The second-order valence-corrected chi connectivity index (χ2v) is 5.96. The smallest absolute Gasteiger partial charge is 0.151 e. The Labute approximate surface area is 142 Å². The number of para-hydroxylation sites is 1. The molecule has 128 valence electrons. The van der Waals surface area contributed by atoms with E-state index in [0.717, 1.165) is 30.0 Å². The maximum Gasteiger partial charge on any atom is 0.151 e. The molecule has 1 aliphatic rings. The van der Waals surface area contributed by atoms with Gasteiger partial charge in [-0.1, -0.05) is 48.5 Å². The molecule has 1 N–H and O–H groups in total. The summed E-state index contributed by atoms with van der Waals surface area (Å²) in [5, 5.41) is 3.37. The first-order chi connectivity index (χ1) is 11.9. The van der Waals surface area contributed by atoms with Gasteiger partial charge in [-0.2, -0.15) is 0 Å². The van der Waals surface area contributed by atoms with Crippen molar-refractivity contribution in [2.45, 2.75) is 25.0 Å². The van der Waals surface area contributed by atoms with Crippen LogP contribution in [0.15, 0.2) is 54.6 Å². The SMILES string of the molecule is [18F]CCCc1ccccc1O[C@@H](c1ccccc1)[C@@H]1CNCCO1. The van der Waals surface area contributed by atoms with Gasteiger partial charge in [-0.05, 0) is 30.0 Å². The summed E-state index contributed by atoms with van der Waals surface area (Å²) in [6, 6.07) is 18.0. The molecule has 0 amide bonds. The number of halogens is 1. The van der Waals surface area contributed by atoms with Gasteiger partial charge in [-0.3, -0.25) is 4.39 Å². The third-order valence-electron chi connectivity index (χ3n) is 4.23. The molecule has 0 spiro atoms. The van der Waals surface area contributed by atoms with Gasteiger partial charge in [-0.25, -0.2) is 0 Å².